The van der Waals surface area contributed by atoms with Gasteiger partial charge in [-0.2, -0.15) is 0 Å². The Morgan fingerprint density at radius 2 is 1.80 bits per heavy atom. The fourth-order valence-electron chi connectivity index (χ4n) is 1.06. The van der Waals surface area contributed by atoms with Crippen molar-refractivity contribution in [2.75, 3.05) is 14.2 Å². The van der Waals surface area contributed by atoms with Crippen LogP contribution in [0.4, 0.5) is 0 Å². The van der Waals surface area contributed by atoms with Gasteiger partial charge in [0, 0.05) is 14.2 Å². The van der Waals surface area contributed by atoms with E-state index < -0.39 is 6.29 Å². The van der Waals surface area contributed by atoms with Crippen LogP contribution < -0.4 is 4.74 Å². The number of hydrogen-bond acceptors (Lipinski definition) is 4. The largest absolute Gasteiger partial charge is 0.426 e. The van der Waals surface area contributed by atoms with Gasteiger partial charge >= 0.3 is 5.97 Å². The second kappa shape index (κ2) is 6.16. The molecule has 0 aliphatic heterocycles. The number of ether oxygens (including phenoxy) is 3. The van der Waals surface area contributed by atoms with Gasteiger partial charge in [0.05, 0.1) is 6.42 Å². The molecule has 0 aliphatic carbocycles. The van der Waals surface area contributed by atoms with Crippen LogP contribution in [0.5, 0.6) is 5.75 Å². The third-order valence-electron chi connectivity index (χ3n) is 1.83. The minimum absolute atomic E-state index is 0.0713. The van der Waals surface area contributed by atoms with Crippen molar-refractivity contribution in [2.45, 2.75) is 12.7 Å². The first-order valence-corrected chi connectivity index (χ1v) is 4.57. The molecule has 1 aromatic carbocycles. The number of carbonyl (C=O) groups excluding carboxylic acids is 1. The molecule has 0 amide bonds. The summed E-state index contributed by atoms with van der Waals surface area (Å²) >= 11 is 0. The van der Waals surface area contributed by atoms with Crippen molar-refractivity contribution in [1.29, 1.82) is 0 Å². The van der Waals surface area contributed by atoms with Crippen molar-refractivity contribution in [1.82, 2.24) is 0 Å². The average Bonchev–Trinajstić information content (AvgIpc) is 2.27. The van der Waals surface area contributed by atoms with E-state index in [1.807, 2.05) is 6.07 Å². The fraction of sp³-hybridized carbons (Fsp3) is 0.364. The van der Waals surface area contributed by atoms with E-state index in [2.05, 4.69) is 0 Å². The zero-order valence-electron chi connectivity index (χ0n) is 8.80. The molecule has 82 valence electrons. The Bertz CT molecular complexity index is 293. The van der Waals surface area contributed by atoms with Crippen LogP contribution >= 0.6 is 0 Å². The molecule has 0 spiro atoms. The van der Waals surface area contributed by atoms with Crippen LogP contribution in [0.1, 0.15) is 6.42 Å². The third kappa shape index (κ3) is 4.10. The van der Waals surface area contributed by atoms with Crippen molar-refractivity contribution < 1.29 is 19.0 Å². The highest BCUT2D eigenvalue weighted by atomic mass is 16.7. The van der Waals surface area contributed by atoms with Gasteiger partial charge in [0.2, 0.25) is 0 Å². The van der Waals surface area contributed by atoms with E-state index in [4.69, 9.17) is 14.2 Å². The maximum atomic E-state index is 11.4. The summed E-state index contributed by atoms with van der Waals surface area (Å²) in [6, 6.07) is 8.88. The monoisotopic (exact) mass is 210 g/mol. The van der Waals surface area contributed by atoms with E-state index in [0.29, 0.717) is 5.75 Å². The maximum Gasteiger partial charge on any atom is 0.316 e. The Morgan fingerprint density at radius 1 is 1.20 bits per heavy atom. The topological polar surface area (TPSA) is 44.8 Å². The van der Waals surface area contributed by atoms with Crippen molar-refractivity contribution in [3.05, 3.63) is 30.3 Å². The average molecular weight is 210 g/mol. The molecule has 0 saturated carbocycles. The molecule has 1 rings (SSSR count). The van der Waals surface area contributed by atoms with E-state index in [1.54, 1.807) is 24.3 Å². The van der Waals surface area contributed by atoms with Gasteiger partial charge in [0.25, 0.3) is 0 Å². The Kier molecular flexibility index (Phi) is 4.80. The number of esters is 1. The van der Waals surface area contributed by atoms with Gasteiger partial charge in [-0.25, -0.2) is 0 Å². The van der Waals surface area contributed by atoms with Gasteiger partial charge in [-0.15, -0.1) is 0 Å². The van der Waals surface area contributed by atoms with Crippen LogP contribution in [0, 0.1) is 0 Å². The SMILES string of the molecule is COC(CC(=O)Oc1ccccc1)OC. The fourth-order valence-corrected chi connectivity index (χ4v) is 1.06. The number of benzene rings is 1. The lowest BCUT2D eigenvalue weighted by Crippen LogP contribution is -2.21. The second-order valence-electron chi connectivity index (χ2n) is 2.89. The van der Waals surface area contributed by atoms with Crippen LogP contribution in [-0.2, 0) is 14.3 Å². The van der Waals surface area contributed by atoms with Gasteiger partial charge in [0.1, 0.15) is 5.75 Å². The smallest absolute Gasteiger partial charge is 0.316 e. The lowest BCUT2D eigenvalue weighted by atomic mass is 10.3. The Hall–Kier alpha value is -1.39. The standard InChI is InChI=1S/C11H14O4/c1-13-11(14-2)8-10(12)15-9-6-4-3-5-7-9/h3-7,11H,8H2,1-2H3. The lowest BCUT2D eigenvalue weighted by Gasteiger charge is -2.12. The van der Waals surface area contributed by atoms with E-state index in [1.165, 1.54) is 14.2 Å². The quantitative estimate of drug-likeness (QED) is 0.420. The number of carbonyl (C=O) groups is 1. The summed E-state index contributed by atoms with van der Waals surface area (Å²) in [5.41, 5.74) is 0. The van der Waals surface area contributed by atoms with E-state index >= 15 is 0 Å². The maximum absolute atomic E-state index is 11.4. The molecule has 4 nitrogen and oxygen atoms in total. The first-order valence-electron chi connectivity index (χ1n) is 4.57. The molecule has 0 atom stereocenters. The van der Waals surface area contributed by atoms with Crippen LogP contribution in [0.3, 0.4) is 0 Å². The van der Waals surface area contributed by atoms with Gasteiger partial charge < -0.3 is 14.2 Å². The molecular weight excluding hydrogens is 196 g/mol. The van der Waals surface area contributed by atoms with Crippen LogP contribution in [-0.4, -0.2) is 26.5 Å². The first kappa shape index (κ1) is 11.7. The van der Waals surface area contributed by atoms with Gasteiger partial charge in [-0.3, -0.25) is 4.79 Å². The normalized spacial score (nSPS) is 10.3. The predicted molar refractivity (Wildman–Crippen MR) is 54.5 cm³/mol. The zero-order valence-corrected chi connectivity index (χ0v) is 8.80. The highest BCUT2D eigenvalue weighted by molar-refractivity contribution is 5.72. The molecule has 0 radical (unpaired) electrons. The zero-order chi connectivity index (χ0) is 11.1. The van der Waals surface area contributed by atoms with Crippen LogP contribution in [0.15, 0.2) is 30.3 Å². The van der Waals surface area contributed by atoms with E-state index in [9.17, 15) is 4.79 Å². The molecule has 0 saturated heterocycles. The molecular formula is C11H14O4. The molecule has 0 unspecified atom stereocenters. The molecule has 0 N–H and O–H groups in total. The Balaban J connectivity index is 2.43. The van der Waals surface area contributed by atoms with Gasteiger partial charge in [0.15, 0.2) is 6.29 Å². The molecule has 4 heteroatoms. The highest BCUT2D eigenvalue weighted by Crippen LogP contribution is 2.10. The van der Waals surface area contributed by atoms with E-state index in [-0.39, 0.29) is 12.4 Å². The number of methoxy groups -OCH3 is 2. The molecule has 1 aromatic rings. The van der Waals surface area contributed by atoms with Gasteiger partial charge in [-0.1, -0.05) is 18.2 Å². The second-order valence-corrected chi connectivity index (χ2v) is 2.89. The summed E-state index contributed by atoms with van der Waals surface area (Å²) in [6.07, 6.45) is -0.483. The molecule has 15 heavy (non-hydrogen) atoms. The van der Waals surface area contributed by atoms with Crippen molar-refractivity contribution in [3.63, 3.8) is 0 Å². The first-order chi connectivity index (χ1) is 7.26. The molecule has 0 aromatic heterocycles. The third-order valence-corrected chi connectivity index (χ3v) is 1.83. The predicted octanol–water partition coefficient (Wildman–Crippen LogP) is 1.60. The minimum atomic E-state index is -0.554. The van der Waals surface area contributed by atoms with Crippen LogP contribution in [0.25, 0.3) is 0 Å². The highest BCUT2D eigenvalue weighted by Gasteiger charge is 2.13. The Morgan fingerprint density at radius 3 is 2.33 bits per heavy atom. The Labute approximate surface area is 88.8 Å². The minimum Gasteiger partial charge on any atom is -0.426 e. The van der Waals surface area contributed by atoms with Crippen molar-refractivity contribution in [2.24, 2.45) is 0 Å². The molecule has 0 aliphatic rings. The number of rotatable bonds is 5. The summed E-state index contributed by atoms with van der Waals surface area (Å²) in [7, 11) is 2.95. The molecule has 0 bridgehead atoms. The summed E-state index contributed by atoms with van der Waals surface area (Å²) in [4.78, 5) is 11.4. The number of hydrogen-bond donors (Lipinski definition) is 0. The van der Waals surface area contributed by atoms with Gasteiger partial charge in [-0.05, 0) is 12.1 Å². The van der Waals surface area contributed by atoms with Crippen LogP contribution in [0.2, 0.25) is 0 Å². The summed E-state index contributed by atoms with van der Waals surface area (Å²) in [5.74, 6) is 0.142. The summed E-state index contributed by atoms with van der Waals surface area (Å²) < 4.78 is 14.8. The summed E-state index contributed by atoms with van der Waals surface area (Å²) in [5, 5.41) is 0. The summed E-state index contributed by atoms with van der Waals surface area (Å²) in [6.45, 7) is 0. The van der Waals surface area contributed by atoms with E-state index in [0.717, 1.165) is 0 Å². The lowest BCUT2D eigenvalue weighted by molar-refractivity contribution is -0.151. The van der Waals surface area contributed by atoms with Crippen molar-refractivity contribution in [3.8, 4) is 5.75 Å². The molecule has 0 fully saturated rings. The molecule has 0 heterocycles. The van der Waals surface area contributed by atoms with Crippen molar-refractivity contribution >= 4 is 5.97 Å². The number of para-hydroxylation sites is 1.